The molecule has 5 nitrogen and oxygen atoms in total. The zero-order valence-electron chi connectivity index (χ0n) is 15.0. The third-order valence-corrected chi connectivity index (χ3v) is 4.75. The number of anilines is 2. The van der Waals surface area contributed by atoms with Crippen LogP contribution in [0.4, 0.5) is 11.4 Å². The van der Waals surface area contributed by atoms with E-state index in [1.165, 1.54) is 0 Å². The van der Waals surface area contributed by atoms with Crippen LogP contribution in [0.5, 0.6) is 0 Å². The molecule has 2 aromatic rings. The van der Waals surface area contributed by atoms with Crippen LogP contribution in [0.25, 0.3) is 0 Å². The first kappa shape index (κ1) is 18.1. The number of benzene rings is 2. The summed E-state index contributed by atoms with van der Waals surface area (Å²) < 4.78 is 0. The van der Waals surface area contributed by atoms with Gasteiger partial charge in [0.2, 0.25) is 0 Å². The molecule has 0 radical (unpaired) electrons. The topological polar surface area (TPSA) is 78.4 Å². The number of hydrogen-bond donors (Lipinski definition) is 3. The van der Waals surface area contributed by atoms with Crippen LogP contribution in [0, 0.1) is 0 Å². The Morgan fingerprint density at radius 3 is 2.00 bits per heavy atom. The summed E-state index contributed by atoms with van der Waals surface area (Å²) in [6.45, 7) is 0.947. The number of carbonyl (C=O) groups excluding carboxylic acids is 2. The summed E-state index contributed by atoms with van der Waals surface area (Å²) in [5, 5.41) is 15.2. The van der Waals surface area contributed by atoms with Crippen molar-refractivity contribution >= 4 is 22.9 Å². The summed E-state index contributed by atoms with van der Waals surface area (Å²) in [7, 11) is 1.75. The molecular weight excluding hydrogens is 328 g/mol. The number of fused-ring (bicyclic) bond motifs is 2. The van der Waals surface area contributed by atoms with Gasteiger partial charge in [-0.1, -0.05) is 37.1 Å². The first-order valence-corrected chi connectivity index (χ1v) is 9.07. The predicted molar refractivity (Wildman–Crippen MR) is 103 cm³/mol. The Morgan fingerprint density at radius 1 is 0.808 bits per heavy atom. The van der Waals surface area contributed by atoms with Crippen molar-refractivity contribution in [2.45, 2.75) is 25.7 Å². The summed E-state index contributed by atoms with van der Waals surface area (Å²) >= 11 is 0. The number of aliphatic hydroxyl groups excluding tert-OH is 1. The molecule has 3 N–H and O–H groups in total. The van der Waals surface area contributed by atoms with Crippen molar-refractivity contribution in [2.24, 2.45) is 0 Å². The smallest absolute Gasteiger partial charge is 0.196 e. The van der Waals surface area contributed by atoms with Crippen molar-refractivity contribution in [3.63, 3.8) is 0 Å². The highest BCUT2D eigenvalue weighted by molar-refractivity contribution is 6.31. The predicted octanol–water partition coefficient (Wildman–Crippen LogP) is 3.47. The second kappa shape index (κ2) is 8.15. The summed E-state index contributed by atoms with van der Waals surface area (Å²) in [4.78, 5) is 26.1. The molecule has 0 atom stereocenters. The van der Waals surface area contributed by atoms with Crippen LogP contribution in [0.15, 0.2) is 36.4 Å². The molecule has 0 unspecified atom stereocenters. The molecule has 0 aliphatic heterocycles. The van der Waals surface area contributed by atoms with E-state index in [4.69, 9.17) is 5.11 Å². The van der Waals surface area contributed by atoms with Crippen molar-refractivity contribution < 1.29 is 14.7 Å². The van der Waals surface area contributed by atoms with Gasteiger partial charge in [0.25, 0.3) is 0 Å². The summed E-state index contributed by atoms with van der Waals surface area (Å²) in [5.41, 5.74) is 3.19. The maximum absolute atomic E-state index is 13.1. The zero-order valence-corrected chi connectivity index (χ0v) is 15.0. The van der Waals surface area contributed by atoms with Gasteiger partial charge in [-0.05, 0) is 25.0 Å². The van der Waals surface area contributed by atoms with E-state index in [1.54, 1.807) is 31.3 Å². The maximum atomic E-state index is 13.1. The van der Waals surface area contributed by atoms with Gasteiger partial charge in [0.05, 0.1) is 11.1 Å². The average Bonchev–Trinajstić information content (AvgIpc) is 2.68. The van der Waals surface area contributed by atoms with Gasteiger partial charge in [0.1, 0.15) is 0 Å². The molecule has 0 amide bonds. The van der Waals surface area contributed by atoms with Gasteiger partial charge in [-0.15, -0.1) is 0 Å². The molecule has 0 aromatic heterocycles. The van der Waals surface area contributed by atoms with E-state index in [0.29, 0.717) is 33.6 Å². The second-order valence-corrected chi connectivity index (χ2v) is 6.43. The fourth-order valence-electron chi connectivity index (χ4n) is 3.39. The van der Waals surface area contributed by atoms with Gasteiger partial charge in [-0.2, -0.15) is 0 Å². The standard InChI is InChI=1S/C21H24N2O3/c1-22-16-10-11-17(23-12-6-2-3-7-13-24)19-18(16)20(25)14-8-4-5-9-15(14)21(19)26/h4-5,8-11,22-24H,2-3,6-7,12-13H2,1H3. The third-order valence-electron chi connectivity index (χ3n) is 4.75. The Hall–Kier alpha value is -2.66. The van der Waals surface area contributed by atoms with Gasteiger partial charge in [-0.25, -0.2) is 0 Å². The lowest BCUT2D eigenvalue weighted by Crippen LogP contribution is -2.24. The van der Waals surface area contributed by atoms with Gasteiger partial charge in [0.15, 0.2) is 11.6 Å². The zero-order chi connectivity index (χ0) is 18.5. The molecule has 1 aliphatic carbocycles. The molecule has 3 rings (SSSR count). The van der Waals surface area contributed by atoms with Crippen molar-refractivity contribution in [1.82, 2.24) is 0 Å². The van der Waals surface area contributed by atoms with Gasteiger partial charge in [0, 0.05) is 42.7 Å². The minimum absolute atomic E-state index is 0.116. The first-order valence-electron chi connectivity index (χ1n) is 9.07. The normalized spacial score (nSPS) is 12.5. The van der Waals surface area contributed by atoms with Gasteiger partial charge >= 0.3 is 0 Å². The number of rotatable bonds is 8. The minimum Gasteiger partial charge on any atom is -0.396 e. The molecule has 0 heterocycles. The van der Waals surface area contributed by atoms with E-state index in [-0.39, 0.29) is 18.2 Å². The lowest BCUT2D eigenvalue weighted by atomic mass is 9.82. The SMILES string of the molecule is CNc1ccc(NCCCCCCO)c2c1C(=O)c1ccccc1C2=O. The largest absolute Gasteiger partial charge is 0.396 e. The summed E-state index contributed by atoms with van der Waals surface area (Å²) in [6.07, 6.45) is 3.76. The fraction of sp³-hybridized carbons (Fsp3) is 0.333. The third kappa shape index (κ3) is 3.35. The van der Waals surface area contributed by atoms with E-state index in [2.05, 4.69) is 10.6 Å². The summed E-state index contributed by atoms with van der Waals surface area (Å²) in [5.74, 6) is -0.235. The highest BCUT2D eigenvalue weighted by Gasteiger charge is 2.33. The highest BCUT2D eigenvalue weighted by atomic mass is 16.2. The van der Waals surface area contributed by atoms with Crippen LogP contribution in [0.1, 0.15) is 57.5 Å². The number of hydrogen-bond acceptors (Lipinski definition) is 5. The van der Waals surface area contributed by atoms with Crippen molar-refractivity contribution in [1.29, 1.82) is 0 Å². The Balaban J connectivity index is 1.90. The Bertz CT molecular complexity index is 830. The van der Waals surface area contributed by atoms with Gasteiger partial charge < -0.3 is 15.7 Å². The number of aliphatic hydroxyl groups is 1. The van der Waals surface area contributed by atoms with E-state index in [9.17, 15) is 9.59 Å². The molecule has 5 heteroatoms. The molecular formula is C21H24N2O3. The lowest BCUT2D eigenvalue weighted by molar-refractivity contribution is 0.0980. The van der Waals surface area contributed by atoms with Crippen molar-refractivity contribution in [3.8, 4) is 0 Å². The van der Waals surface area contributed by atoms with Crippen LogP contribution in [0.2, 0.25) is 0 Å². The summed E-state index contributed by atoms with van der Waals surface area (Å²) in [6, 6.07) is 10.7. The van der Waals surface area contributed by atoms with Crippen LogP contribution >= 0.6 is 0 Å². The van der Waals surface area contributed by atoms with E-state index in [1.807, 2.05) is 12.1 Å². The van der Waals surface area contributed by atoms with Crippen LogP contribution in [0.3, 0.4) is 0 Å². The van der Waals surface area contributed by atoms with E-state index >= 15 is 0 Å². The number of unbranched alkanes of at least 4 members (excludes halogenated alkanes) is 3. The molecule has 0 bridgehead atoms. The molecule has 0 fully saturated rings. The highest BCUT2D eigenvalue weighted by Crippen LogP contribution is 2.36. The quantitative estimate of drug-likeness (QED) is 0.541. The van der Waals surface area contributed by atoms with Crippen molar-refractivity contribution in [3.05, 3.63) is 58.7 Å². The monoisotopic (exact) mass is 352 g/mol. The Kier molecular flexibility index (Phi) is 5.68. The minimum atomic E-state index is -0.119. The first-order chi connectivity index (χ1) is 12.7. The number of nitrogens with one attached hydrogen (secondary N) is 2. The molecule has 1 aliphatic rings. The molecule has 0 saturated carbocycles. The van der Waals surface area contributed by atoms with E-state index in [0.717, 1.165) is 32.2 Å². The Labute approximate surface area is 153 Å². The lowest BCUT2D eigenvalue weighted by Gasteiger charge is -2.23. The van der Waals surface area contributed by atoms with Crippen LogP contribution in [-0.2, 0) is 0 Å². The second-order valence-electron chi connectivity index (χ2n) is 6.43. The molecule has 2 aromatic carbocycles. The van der Waals surface area contributed by atoms with Crippen LogP contribution in [-0.4, -0.2) is 36.9 Å². The van der Waals surface area contributed by atoms with Gasteiger partial charge in [-0.3, -0.25) is 9.59 Å². The molecule has 136 valence electrons. The number of ketones is 2. The van der Waals surface area contributed by atoms with Crippen molar-refractivity contribution in [2.75, 3.05) is 30.8 Å². The van der Waals surface area contributed by atoms with Crippen LogP contribution < -0.4 is 10.6 Å². The Morgan fingerprint density at radius 2 is 1.38 bits per heavy atom. The molecule has 0 saturated heterocycles. The number of carbonyl (C=O) groups is 2. The molecule has 0 spiro atoms. The van der Waals surface area contributed by atoms with E-state index < -0.39 is 0 Å². The maximum Gasteiger partial charge on any atom is 0.196 e. The average molecular weight is 352 g/mol. The fourth-order valence-corrected chi connectivity index (χ4v) is 3.39. The molecule has 26 heavy (non-hydrogen) atoms.